The van der Waals surface area contributed by atoms with Gasteiger partial charge in [0.1, 0.15) is 5.69 Å². The molecule has 0 spiro atoms. The number of azo groups is 1. The summed E-state index contributed by atoms with van der Waals surface area (Å²) in [5, 5.41) is 11.3. The summed E-state index contributed by atoms with van der Waals surface area (Å²) >= 11 is 5.71. The Morgan fingerprint density at radius 3 is 2.30 bits per heavy atom. The van der Waals surface area contributed by atoms with Crippen molar-refractivity contribution in [3.05, 3.63) is 77.6 Å². The molecule has 136 valence electrons. The minimum absolute atomic E-state index is 0.181. The first-order chi connectivity index (χ1) is 13.1. The molecular formula is C19H15ClN4O3. The topological polar surface area (TPSA) is 95.9 Å². The third-order valence-corrected chi connectivity index (χ3v) is 3.61. The van der Waals surface area contributed by atoms with E-state index < -0.39 is 18.5 Å². The van der Waals surface area contributed by atoms with Gasteiger partial charge in [-0.2, -0.15) is 10.2 Å². The van der Waals surface area contributed by atoms with Gasteiger partial charge in [-0.1, -0.05) is 29.8 Å². The molecule has 0 aliphatic rings. The number of carbonyl (C=O) groups excluding carboxylic acids is 2. The summed E-state index contributed by atoms with van der Waals surface area (Å²) in [6.45, 7) is -0.412. The first kappa shape index (κ1) is 18.3. The number of esters is 1. The summed E-state index contributed by atoms with van der Waals surface area (Å²) in [7, 11) is 0. The highest BCUT2D eigenvalue weighted by atomic mass is 35.5. The fraction of sp³-hybridized carbons (Fsp3) is 0.0526. The monoisotopic (exact) mass is 382 g/mol. The normalized spacial score (nSPS) is 10.7. The molecular weight excluding hydrogens is 368 g/mol. The van der Waals surface area contributed by atoms with E-state index in [1.54, 1.807) is 24.3 Å². The highest BCUT2D eigenvalue weighted by Gasteiger charge is 2.12. The van der Waals surface area contributed by atoms with E-state index in [4.69, 9.17) is 16.3 Å². The van der Waals surface area contributed by atoms with Crippen molar-refractivity contribution in [2.75, 3.05) is 11.9 Å². The Morgan fingerprint density at radius 1 is 1.00 bits per heavy atom. The van der Waals surface area contributed by atoms with Gasteiger partial charge in [-0.15, -0.1) is 0 Å². The minimum Gasteiger partial charge on any atom is -0.451 e. The van der Waals surface area contributed by atoms with Gasteiger partial charge < -0.3 is 15.0 Å². The highest BCUT2D eigenvalue weighted by molar-refractivity contribution is 6.30. The summed E-state index contributed by atoms with van der Waals surface area (Å²) < 4.78 is 4.91. The maximum absolute atomic E-state index is 11.9. The minimum atomic E-state index is -0.659. The number of nitrogens with one attached hydrogen (secondary N) is 2. The van der Waals surface area contributed by atoms with Crippen LogP contribution in [0.3, 0.4) is 0 Å². The van der Waals surface area contributed by atoms with Gasteiger partial charge in [-0.3, -0.25) is 4.79 Å². The Kier molecular flexibility index (Phi) is 5.96. The molecule has 8 heteroatoms. The summed E-state index contributed by atoms with van der Waals surface area (Å²) in [6.07, 6.45) is 1.45. The van der Waals surface area contributed by atoms with E-state index in [-0.39, 0.29) is 5.69 Å². The molecule has 0 bridgehead atoms. The van der Waals surface area contributed by atoms with Crippen LogP contribution in [0.2, 0.25) is 5.02 Å². The standard InChI is InChI=1S/C19H15ClN4O3/c20-13-10-17(21-11-13)19(26)27-12-18(25)22-14-6-8-16(9-7-14)24-23-15-4-2-1-3-5-15/h1-11,21H,12H2,(H,22,25). The average molecular weight is 383 g/mol. The molecule has 2 aromatic carbocycles. The number of halogens is 1. The molecule has 0 saturated carbocycles. The molecule has 1 heterocycles. The number of nitrogens with zero attached hydrogens (tertiary/aromatic N) is 2. The van der Waals surface area contributed by atoms with Crippen LogP contribution in [0, 0.1) is 0 Å². The molecule has 27 heavy (non-hydrogen) atoms. The van der Waals surface area contributed by atoms with Gasteiger partial charge in [-0.05, 0) is 42.5 Å². The number of rotatable bonds is 6. The molecule has 3 rings (SSSR count). The number of aromatic amines is 1. The van der Waals surface area contributed by atoms with Gasteiger partial charge >= 0.3 is 5.97 Å². The van der Waals surface area contributed by atoms with Gasteiger partial charge in [0.15, 0.2) is 6.61 Å². The number of hydrogen-bond donors (Lipinski definition) is 2. The number of carbonyl (C=O) groups is 2. The van der Waals surface area contributed by atoms with Crippen molar-refractivity contribution in [3.63, 3.8) is 0 Å². The number of amides is 1. The van der Waals surface area contributed by atoms with Crippen molar-refractivity contribution >= 4 is 40.5 Å². The molecule has 1 amide bonds. The number of H-pyrrole nitrogens is 1. The van der Waals surface area contributed by atoms with Crippen LogP contribution in [-0.2, 0) is 9.53 Å². The molecule has 0 aliphatic heterocycles. The second kappa shape index (κ2) is 8.77. The lowest BCUT2D eigenvalue weighted by atomic mass is 10.3. The van der Waals surface area contributed by atoms with Crippen molar-refractivity contribution < 1.29 is 14.3 Å². The summed E-state index contributed by atoms with van der Waals surface area (Å²) in [4.78, 5) is 26.3. The molecule has 0 radical (unpaired) electrons. The lowest BCUT2D eigenvalue weighted by Crippen LogP contribution is -2.21. The van der Waals surface area contributed by atoms with Gasteiger partial charge in [0.05, 0.1) is 16.4 Å². The molecule has 3 aromatic rings. The number of benzene rings is 2. The maximum atomic E-state index is 11.9. The molecule has 2 N–H and O–H groups in total. The molecule has 0 aliphatic carbocycles. The van der Waals surface area contributed by atoms with Gasteiger partial charge in [0.2, 0.25) is 0 Å². The molecule has 0 unspecified atom stereocenters. The molecule has 7 nitrogen and oxygen atoms in total. The van der Waals surface area contributed by atoms with Crippen LogP contribution >= 0.6 is 11.6 Å². The highest BCUT2D eigenvalue weighted by Crippen LogP contribution is 2.20. The fourth-order valence-corrected chi connectivity index (χ4v) is 2.28. The SMILES string of the molecule is O=C(COC(=O)c1cc(Cl)c[nH]1)Nc1ccc(N=Nc2ccccc2)cc1. The number of ether oxygens (including phenoxy) is 1. The van der Waals surface area contributed by atoms with Crippen LogP contribution in [0.25, 0.3) is 0 Å². The predicted molar refractivity (Wildman–Crippen MR) is 102 cm³/mol. The van der Waals surface area contributed by atoms with Crippen LogP contribution in [0.5, 0.6) is 0 Å². The Bertz CT molecular complexity index is 953. The fourth-order valence-electron chi connectivity index (χ4n) is 2.11. The molecule has 0 saturated heterocycles. The lowest BCUT2D eigenvalue weighted by Gasteiger charge is -2.06. The van der Waals surface area contributed by atoms with E-state index in [2.05, 4.69) is 20.5 Å². The van der Waals surface area contributed by atoms with Crippen LogP contribution in [0.1, 0.15) is 10.5 Å². The van der Waals surface area contributed by atoms with Gasteiger partial charge in [0.25, 0.3) is 5.91 Å². The van der Waals surface area contributed by atoms with Crippen molar-refractivity contribution in [1.82, 2.24) is 4.98 Å². The third-order valence-electron chi connectivity index (χ3n) is 3.39. The Balaban J connectivity index is 1.49. The predicted octanol–water partition coefficient (Wildman–Crippen LogP) is 4.88. The maximum Gasteiger partial charge on any atom is 0.355 e. The Morgan fingerprint density at radius 2 is 1.67 bits per heavy atom. The lowest BCUT2D eigenvalue weighted by molar-refractivity contribution is -0.119. The van der Waals surface area contributed by atoms with Crippen LogP contribution < -0.4 is 5.32 Å². The number of hydrogen-bond acceptors (Lipinski definition) is 5. The first-order valence-electron chi connectivity index (χ1n) is 7.98. The molecule has 1 aromatic heterocycles. The second-order valence-corrected chi connectivity index (χ2v) is 5.87. The zero-order valence-electron chi connectivity index (χ0n) is 14.1. The van der Waals surface area contributed by atoms with E-state index >= 15 is 0 Å². The van der Waals surface area contributed by atoms with Crippen molar-refractivity contribution in [2.45, 2.75) is 0 Å². The summed E-state index contributed by atoms with van der Waals surface area (Å²) in [6, 6.07) is 17.6. The Labute approximate surface area is 160 Å². The van der Waals surface area contributed by atoms with E-state index in [9.17, 15) is 9.59 Å². The van der Waals surface area contributed by atoms with Crippen molar-refractivity contribution in [3.8, 4) is 0 Å². The largest absolute Gasteiger partial charge is 0.451 e. The average Bonchev–Trinajstić information content (AvgIpc) is 3.13. The van der Waals surface area contributed by atoms with Crippen LogP contribution in [0.4, 0.5) is 17.1 Å². The summed E-state index contributed by atoms with van der Waals surface area (Å²) in [5.74, 6) is -1.12. The molecule has 0 fully saturated rings. The second-order valence-electron chi connectivity index (χ2n) is 5.44. The van der Waals surface area contributed by atoms with Crippen LogP contribution in [-0.4, -0.2) is 23.5 Å². The van der Waals surface area contributed by atoms with E-state index in [0.29, 0.717) is 16.4 Å². The third kappa shape index (κ3) is 5.52. The number of anilines is 1. The molecule has 0 atom stereocenters. The van der Waals surface area contributed by atoms with Gasteiger partial charge in [-0.25, -0.2) is 4.79 Å². The van der Waals surface area contributed by atoms with Gasteiger partial charge in [0, 0.05) is 11.9 Å². The zero-order chi connectivity index (χ0) is 19.1. The van der Waals surface area contributed by atoms with Crippen LogP contribution in [0.15, 0.2) is 77.1 Å². The quantitative estimate of drug-likeness (QED) is 0.469. The zero-order valence-corrected chi connectivity index (χ0v) is 14.8. The smallest absolute Gasteiger partial charge is 0.355 e. The number of aromatic nitrogens is 1. The van der Waals surface area contributed by atoms with E-state index in [0.717, 1.165) is 5.69 Å². The summed E-state index contributed by atoms with van der Waals surface area (Å²) in [5.41, 5.74) is 2.13. The van der Waals surface area contributed by atoms with E-state index in [1.165, 1.54) is 12.3 Å². The van der Waals surface area contributed by atoms with Crippen molar-refractivity contribution in [2.24, 2.45) is 10.2 Å². The first-order valence-corrected chi connectivity index (χ1v) is 8.36. The van der Waals surface area contributed by atoms with E-state index in [1.807, 2.05) is 30.3 Å². The van der Waals surface area contributed by atoms with Crippen molar-refractivity contribution in [1.29, 1.82) is 0 Å². The Hall–Kier alpha value is -3.45.